The SMILES string of the molecule is C=CCn1c(SCc2cccc(Br)c2)nc2sc(C)c(C)c2c1=O. The summed E-state index contributed by atoms with van der Waals surface area (Å²) >= 11 is 6.66. The van der Waals surface area contributed by atoms with E-state index in [1.165, 1.54) is 5.56 Å². The molecular formula is C18H17BrN2OS2. The molecule has 0 aliphatic carbocycles. The summed E-state index contributed by atoms with van der Waals surface area (Å²) < 4.78 is 2.77. The van der Waals surface area contributed by atoms with E-state index in [4.69, 9.17) is 4.98 Å². The van der Waals surface area contributed by atoms with E-state index in [0.717, 1.165) is 36.0 Å². The molecule has 1 aromatic carbocycles. The zero-order valence-corrected chi connectivity index (χ0v) is 16.7. The summed E-state index contributed by atoms with van der Waals surface area (Å²) in [6.45, 7) is 8.27. The van der Waals surface area contributed by atoms with Gasteiger partial charge in [0, 0.05) is 21.6 Å². The van der Waals surface area contributed by atoms with Crippen molar-refractivity contribution in [1.82, 2.24) is 9.55 Å². The standard InChI is InChI=1S/C18H17BrN2OS2/c1-4-8-21-17(22)15-11(2)12(3)24-16(15)20-18(21)23-10-13-6-5-7-14(19)9-13/h4-7,9H,1,8,10H2,2-3H3. The fourth-order valence-corrected chi connectivity index (χ4v) is 4.95. The lowest BCUT2D eigenvalue weighted by atomic mass is 10.2. The van der Waals surface area contributed by atoms with E-state index < -0.39 is 0 Å². The number of benzene rings is 1. The van der Waals surface area contributed by atoms with E-state index in [-0.39, 0.29) is 5.56 Å². The molecule has 124 valence electrons. The summed E-state index contributed by atoms with van der Waals surface area (Å²) in [6.07, 6.45) is 1.74. The minimum atomic E-state index is 0.0264. The van der Waals surface area contributed by atoms with Crippen molar-refractivity contribution in [3.8, 4) is 0 Å². The molecule has 0 aliphatic heterocycles. The Labute approximate surface area is 157 Å². The molecule has 0 aliphatic rings. The topological polar surface area (TPSA) is 34.9 Å². The average molecular weight is 421 g/mol. The lowest BCUT2D eigenvalue weighted by Crippen LogP contribution is -2.22. The monoisotopic (exact) mass is 420 g/mol. The molecule has 2 heterocycles. The first kappa shape index (κ1) is 17.5. The number of thioether (sulfide) groups is 1. The van der Waals surface area contributed by atoms with Crippen LogP contribution in [0.3, 0.4) is 0 Å². The molecule has 0 unspecified atom stereocenters. The summed E-state index contributed by atoms with van der Waals surface area (Å²) in [5.41, 5.74) is 2.25. The van der Waals surface area contributed by atoms with E-state index in [0.29, 0.717) is 6.54 Å². The Morgan fingerprint density at radius 3 is 2.92 bits per heavy atom. The van der Waals surface area contributed by atoms with Crippen molar-refractivity contribution >= 4 is 49.2 Å². The molecule has 6 heteroatoms. The van der Waals surface area contributed by atoms with Gasteiger partial charge in [-0.3, -0.25) is 9.36 Å². The van der Waals surface area contributed by atoms with Crippen molar-refractivity contribution in [1.29, 1.82) is 0 Å². The van der Waals surface area contributed by atoms with Crippen LogP contribution in [-0.2, 0) is 12.3 Å². The number of nitrogens with zero attached hydrogens (tertiary/aromatic N) is 2. The molecule has 0 saturated heterocycles. The van der Waals surface area contributed by atoms with E-state index in [2.05, 4.69) is 34.6 Å². The van der Waals surface area contributed by atoms with Gasteiger partial charge in [-0.25, -0.2) is 4.98 Å². The van der Waals surface area contributed by atoms with E-state index >= 15 is 0 Å². The number of hydrogen-bond donors (Lipinski definition) is 0. The molecule has 2 aromatic heterocycles. The normalized spacial score (nSPS) is 11.1. The Morgan fingerprint density at radius 2 is 2.21 bits per heavy atom. The number of fused-ring (bicyclic) bond motifs is 1. The van der Waals surface area contributed by atoms with Crippen molar-refractivity contribution in [2.24, 2.45) is 0 Å². The van der Waals surface area contributed by atoms with E-state index in [9.17, 15) is 4.79 Å². The number of aromatic nitrogens is 2. The maximum atomic E-state index is 12.9. The van der Waals surface area contributed by atoms with Crippen LogP contribution in [-0.4, -0.2) is 9.55 Å². The van der Waals surface area contributed by atoms with Gasteiger partial charge in [-0.2, -0.15) is 0 Å². The van der Waals surface area contributed by atoms with Crippen LogP contribution in [0, 0.1) is 13.8 Å². The first-order chi connectivity index (χ1) is 11.5. The highest BCUT2D eigenvalue weighted by molar-refractivity contribution is 9.10. The summed E-state index contributed by atoms with van der Waals surface area (Å²) in [7, 11) is 0. The van der Waals surface area contributed by atoms with Gasteiger partial charge in [0.1, 0.15) is 4.83 Å². The highest BCUT2D eigenvalue weighted by atomic mass is 79.9. The average Bonchev–Trinajstić information content (AvgIpc) is 2.83. The summed E-state index contributed by atoms with van der Waals surface area (Å²) in [6, 6.07) is 8.18. The molecule has 0 saturated carbocycles. The van der Waals surface area contributed by atoms with Crippen LogP contribution in [0.4, 0.5) is 0 Å². The molecule has 3 rings (SSSR count). The van der Waals surface area contributed by atoms with Crippen molar-refractivity contribution < 1.29 is 0 Å². The predicted molar refractivity (Wildman–Crippen MR) is 107 cm³/mol. The number of allylic oxidation sites excluding steroid dienone is 1. The molecular weight excluding hydrogens is 404 g/mol. The van der Waals surface area contributed by atoms with Crippen LogP contribution in [0.1, 0.15) is 16.0 Å². The number of halogens is 1. The van der Waals surface area contributed by atoms with Crippen molar-refractivity contribution in [2.75, 3.05) is 0 Å². The van der Waals surface area contributed by atoms with Crippen LogP contribution in [0.5, 0.6) is 0 Å². The third kappa shape index (κ3) is 3.36. The largest absolute Gasteiger partial charge is 0.283 e. The van der Waals surface area contributed by atoms with Gasteiger partial charge in [0.25, 0.3) is 5.56 Å². The molecule has 0 spiro atoms. The maximum Gasteiger partial charge on any atom is 0.263 e. The maximum absolute atomic E-state index is 12.9. The molecule has 0 N–H and O–H groups in total. The second kappa shape index (κ2) is 7.25. The summed E-state index contributed by atoms with van der Waals surface area (Å²) in [5, 5.41) is 1.49. The first-order valence-corrected chi connectivity index (χ1v) is 10.1. The molecule has 0 fully saturated rings. The third-order valence-electron chi connectivity index (χ3n) is 3.82. The molecule has 3 nitrogen and oxygen atoms in total. The third-order valence-corrected chi connectivity index (χ3v) is 6.46. The van der Waals surface area contributed by atoms with Crippen LogP contribution < -0.4 is 5.56 Å². The highest BCUT2D eigenvalue weighted by Crippen LogP contribution is 2.29. The minimum Gasteiger partial charge on any atom is -0.283 e. The van der Waals surface area contributed by atoms with Crippen LogP contribution >= 0.6 is 39.0 Å². The summed E-state index contributed by atoms with van der Waals surface area (Å²) in [5.74, 6) is 0.762. The second-order valence-electron chi connectivity index (χ2n) is 5.48. The Balaban J connectivity index is 2.04. The molecule has 3 aromatic rings. The number of aryl methyl sites for hydroxylation is 2. The van der Waals surface area contributed by atoms with Gasteiger partial charge in [0.15, 0.2) is 5.16 Å². The fraction of sp³-hybridized carbons (Fsp3) is 0.222. The number of rotatable bonds is 5. The van der Waals surface area contributed by atoms with Crippen LogP contribution in [0.15, 0.2) is 51.3 Å². The van der Waals surface area contributed by atoms with Crippen LogP contribution in [0.25, 0.3) is 10.2 Å². The second-order valence-corrected chi connectivity index (χ2v) is 8.54. The molecule has 0 atom stereocenters. The van der Waals surface area contributed by atoms with Gasteiger partial charge in [-0.05, 0) is 37.1 Å². The molecule has 0 radical (unpaired) electrons. The van der Waals surface area contributed by atoms with Crippen molar-refractivity contribution in [3.05, 3.63) is 67.8 Å². The zero-order chi connectivity index (χ0) is 17.3. The Hall–Kier alpha value is -1.37. The minimum absolute atomic E-state index is 0.0264. The van der Waals surface area contributed by atoms with Gasteiger partial charge in [-0.15, -0.1) is 17.9 Å². The van der Waals surface area contributed by atoms with E-state index in [1.807, 2.05) is 26.0 Å². The predicted octanol–water partition coefficient (Wildman–Crippen LogP) is 5.32. The number of hydrogen-bond acceptors (Lipinski definition) is 4. The Kier molecular flexibility index (Phi) is 5.27. The van der Waals surface area contributed by atoms with Crippen molar-refractivity contribution in [3.63, 3.8) is 0 Å². The Bertz CT molecular complexity index is 975. The number of thiophene rings is 1. The fourth-order valence-electron chi connectivity index (χ4n) is 2.48. The molecule has 0 amide bonds. The van der Waals surface area contributed by atoms with Crippen LogP contribution in [0.2, 0.25) is 0 Å². The van der Waals surface area contributed by atoms with E-state index in [1.54, 1.807) is 33.7 Å². The molecule has 24 heavy (non-hydrogen) atoms. The lowest BCUT2D eigenvalue weighted by Gasteiger charge is -2.10. The smallest absolute Gasteiger partial charge is 0.263 e. The van der Waals surface area contributed by atoms with Crippen molar-refractivity contribution in [2.45, 2.75) is 31.3 Å². The zero-order valence-electron chi connectivity index (χ0n) is 13.5. The summed E-state index contributed by atoms with van der Waals surface area (Å²) in [4.78, 5) is 19.6. The van der Waals surface area contributed by atoms with Gasteiger partial charge in [0.05, 0.1) is 5.39 Å². The molecule has 0 bridgehead atoms. The quantitative estimate of drug-likeness (QED) is 0.318. The first-order valence-electron chi connectivity index (χ1n) is 7.50. The van der Waals surface area contributed by atoms with Gasteiger partial charge in [-0.1, -0.05) is 45.9 Å². The van der Waals surface area contributed by atoms with Gasteiger partial charge < -0.3 is 0 Å². The lowest BCUT2D eigenvalue weighted by molar-refractivity contribution is 0.672. The van der Waals surface area contributed by atoms with Gasteiger partial charge >= 0.3 is 0 Å². The Morgan fingerprint density at radius 1 is 1.42 bits per heavy atom. The highest BCUT2D eigenvalue weighted by Gasteiger charge is 2.16. The van der Waals surface area contributed by atoms with Gasteiger partial charge in [0.2, 0.25) is 0 Å².